The minimum Gasteiger partial charge on any atom is -0.352 e. The minimum absolute atomic E-state index is 0.484. The van der Waals surface area contributed by atoms with Crippen molar-refractivity contribution in [1.82, 2.24) is 5.32 Å². The zero-order chi connectivity index (χ0) is 6.74. The van der Waals surface area contributed by atoms with E-state index >= 15 is 0 Å². The summed E-state index contributed by atoms with van der Waals surface area (Å²) in [7, 11) is 1.63. The van der Waals surface area contributed by atoms with Crippen LogP contribution in [0.15, 0.2) is 24.4 Å². The van der Waals surface area contributed by atoms with Crippen molar-refractivity contribution < 1.29 is 4.74 Å². The van der Waals surface area contributed by atoms with Crippen LogP contribution in [0.3, 0.4) is 0 Å². The molecule has 0 aromatic rings. The average molecular weight is 190 g/mol. The van der Waals surface area contributed by atoms with Crippen LogP contribution < -0.4 is 5.32 Å². The second-order valence-electron chi connectivity index (χ2n) is 1.71. The Kier molecular flexibility index (Phi) is 1.93. The summed E-state index contributed by atoms with van der Waals surface area (Å²) >= 11 is 3.32. The number of hydrogen-bond acceptors (Lipinski definition) is 2. The van der Waals surface area contributed by atoms with E-state index in [1.54, 1.807) is 7.11 Å². The Morgan fingerprint density at radius 2 is 2.33 bits per heavy atom. The van der Waals surface area contributed by atoms with Crippen LogP contribution in [0.1, 0.15) is 0 Å². The fraction of sp³-hybridized carbons (Fsp3) is 0.333. The molecular weight excluding hydrogens is 182 g/mol. The maximum absolute atomic E-state index is 5.05. The first-order valence-electron chi connectivity index (χ1n) is 2.63. The highest BCUT2D eigenvalue weighted by Gasteiger charge is 2.20. The van der Waals surface area contributed by atoms with Crippen LogP contribution in [-0.4, -0.2) is 11.7 Å². The molecule has 1 heterocycles. The molecule has 0 fully saturated rings. The minimum atomic E-state index is -0.484. The first-order valence-corrected chi connectivity index (χ1v) is 3.42. The van der Waals surface area contributed by atoms with Crippen LogP contribution in [0.25, 0.3) is 0 Å². The van der Waals surface area contributed by atoms with Crippen molar-refractivity contribution in [2.24, 2.45) is 0 Å². The lowest BCUT2D eigenvalue weighted by Crippen LogP contribution is -2.36. The van der Waals surface area contributed by atoms with Gasteiger partial charge in [0.1, 0.15) is 0 Å². The summed E-state index contributed by atoms with van der Waals surface area (Å²) in [4.78, 5) is 0. The van der Waals surface area contributed by atoms with Gasteiger partial charge < -0.3 is 10.1 Å². The lowest BCUT2D eigenvalue weighted by molar-refractivity contribution is 0.0995. The van der Waals surface area contributed by atoms with Gasteiger partial charge in [0, 0.05) is 7.11 Å². The molecule has 9 heavy (non-hydrogen) atoms. The zero-order valence-electron chi connectivity index (χ0n) is 5.10. The molecule has 2 nitrogen and oxygen atoms in total. The molecule has 0 radical (unpaired) electrons. The molecule has 0 aromatic heterocycles. The van der Waals surface area contributed by atoms with Gasteiger partial charge >= 0.3 is 0 Å². The van der Waals surface area contributed by atoms with Gasteiger partial charge in [-0.25, -0.2) is 0 Å². The average Bonchev–Trinajstić information content (AvgIpc) is 1.90. The first-order chi connectivity index (χ1) is 4.27. The summed E-state index contributed by atoms with van der Waals surface area (Å²) in [6.45, 7) is 0. The molecule has 1 unspecified atom stereocenters. The van der Waals surface area contributed by atoms with Gasteiger partial charge in [0.2, 0.25) is 4.63 Å². The van der Waals surface area contributed by atoms with Crippen molar-refractivity contribution in [2.45, 2.75) is 4.63 Å². The molecule has 0 bridgehead atoms. The lowest BCUT2D eigenvalue weighted by atomic mass is 10.4. The number of alkyl halides is 1. The predicted octanol–water partition coefficient (Wildman–Crippen LogP) is 1.35. The molecule has 0 saturated carbocycles. The van der Waals surface area contributed by atoms with Crippen molar-refractivity contribution in [3.8, 4) is 0 Å². The monoisotopic (exact) mass is 189 g/mol. The van der Waals surface area contributed by atoms with E-state index < -0.39 is 4.63 Å². The molecular formula is C6H8BrNO. The van der Waals surface area contributed by atoms with Crippen molar-refractivity contribution in [3.05, 3.63) is 24.4 Å². The number of dihydropyridines is 1. The van der Waals surface area contributed by atoms with E-state index in [-0.39, 0.29) is 0 Å². The van der Waals surface area contributed by atoms with E-state index in [1.807, 2.05) is 24.4 Å². The van der Waals surface area contributed by atoms with Crippen LogP contribution in [0, 0.1) is 0 Å². The van der Waals surface area contributed by atoms with E-state index in [0.29, 0.717) is 0 Å². The Morgan fingerprint density at radius 3 is 2.67 bits per heavy atom. The highest BCUT2D eigenvalue weighted by Crippen LogP contribution is 2.18. The first kappa shape index (κ1) is 6.83. The third-order valence-corrected chi connectivity index (χ3v) is 1.91. The predicted molar refractivity (Wildman–Crippen MR) is 40.1 cm³/mol. The van der Waals surface area contributed by atoms with E-state index in [2.05, 4.69) is 21.2 Å². The van der Waals surface area contributed by atoms with E-state index in [0.717, 1.165) is 0 Å². The summed E-state index contributed by atoms with van der Waals surface area (Å²) in [6.07, 6.45) is 7.51. The maximum Gasteiger partial charge on any atom is 0.215 e. The summed E-state index contributed by atoms with van der Waals surface area (Å²) in [5.41, 5.74) is 0. The lowest BCUT2D eigenvalue weighted by Gasteiger charge is -2.23. The molecule has 0 amide bonds. The molecule has 3 heteroatoms. The SMILES string of the molecule is COC1(Br)C=CC=CN1. The van der Waals surface area contributed by atoms with Gasteiger partial charge in [-0.2, -0.15) is 0 Å². The molecule has 0 aliphatic carbocycles. The molecule has 1 atom stereocenters. The van der Waals surface area contributed by atoms with Gasteiger partial charge in [0.25, 0.3) is 0 Å². The number of allylic oxidation sites excluding steroid dienone is 2. The Bertz CT molecular complexity index is 155. The standard InChI is InChI=1S/C6H8BrNO/c1-9-6(7)4-2-3-5-8-6/h2-5,8H,1H3. The summed E-state index contributed by atoms with van der Waals surface area (Å²) in [5.74, 6) is 0. The van der Waals surface area contributed by atoms with Crippen LogP contribution in [0.4, 0.5) is 0 Å². The normalized spacial score (nSPS) is 32.2. The van der Waals surface area contributed by atoms with Gasteiger partial charge in [0.15, 0.2) is 0 Å². The van der Waals surface area contributed by atoms with Crippen molar-refractivity contribution in [3.63, 3.8) is 0 Å². The number of rotatable bonds is 1. The van der Waals surface area contributed by atoms with Crippen LogP contribution in [-0.2, 0) is 4.74 Å². The third-order valence-electron chi connectivity index (χ3n) is 1.10. The topological polar surface area (TPSA) is 21.3 Å². The van der Waals surface area contributed by atoms with E-state index in [1.165, 1.54) is 0 Å². The van der Waals surface area contributed by atoms with E-state index in [4.69, 9.17) is 4.74 Å². The highest BCUT2D eigenvalue weighted by molar-refractivity contribution is 9.10. The largest absolute Gasteiger partial charge is 0.352 e. The molecule has 1 aliphatic rings. The molecule has 1 aliphatic heterocycles. The summed E-state index contributed by atoms with van der Waals surface area (Å²) in [6, 6.07) is 0. The van der Waals surface area contributed by atoms with Crippen LogP contribution >= 0.6 is 15.9 Å². The maximum atomic E-state index is 5.05. The summed E-state index contributed by atoms with van der Waals surface area (Å²) in [5, 5.41) is 2.97. The molecule has 0 saturated heterocycles. The van der Waals surface area contributed by atoms with Crippen LogP contribution in [0.2, 0.25) is 0 Å². The van der Waals surface area contributed by atoms with Crippen molar-refractivity contribution >= 4 is 15.9 Å². The van der Waals surface area contributed by atoms with Crippen molar-refractivity contribution in [1.29, 1.82) is 0 Å². The Balaban J connectivity index is 2.63. The quantitative estimate of drug-likeness (QED) is 0.497. The molecule has 1 N–H and O–H groups in total. The zero-order valence-corrected chi connectivity index (χ0v) is 6.68. The number of nitrogens with one attached hydrogen (secondary N) is 1. The molecule has 1 rings (SSSR count). The summed E-state index contributed by atoms with van der Waals surface area (Å²) < 4.78 is 4.56. The van der Waals surface area contributed by atoms with Gasteiger partial charge in [-0.05, 0) is 34.3 Å². The Morgan fingerprint density at radius 1 is 1.56 bits per heavy atom. The smallest absolute Gasteiger partial charge is 0.215 e. The molecule has 0 spiro atoms. The van der Waals surface area contributed by atoms with Crippen LogP contribution in [0.5, 0.6) is 0 Å². The molecule has 0 aromatic carbocycles. The fourth-order valence-electron chi connectivity index (χ4n) is 0.572. The third kappa shape index (κ3) is 1.56. The van der Waals surface area contributed by atoms with Crippen molar-refractivity contribution in [2.75, 3.05) is 7.11 Å². The second kappa shape index (κ2) is 2.54. The van der Waals surface area contributed by atoms with Gasteiger partial charge in [-0.15, -0.1) is 0 Å². The number of methoxy groups -OCH3 is 1. The van der Waals surface area contributed by atoms with Gasteiger partial charge in [-0.3, -0.25) is 0 Å². The van der Waals surface area contributed by atoms with Gasteiger partial charge in [0.05, 0.1) is 0 Å². The number of halogens is 1. The second-order valence-corrected chi connectivity index (χ2v) is 2.89. The Hall–Kier alpha value is -0.280. The molecule has 50 valence electrons. The number of hydrogen-bond donors (Lipinski definition) is 1. The van der Waals surface area contributed by atoms with E-state index in [9.17, 15) is 0 Å². The Labute approximate surface area is 62.7 Å². The number of ether oxygens (including phenoxy) is 1. The highest BCUT2D eigenvalue weighted by atomic mass is 79.9. The fourth-order valence-corrected chi connectivity index (χ4v) is 0.856. The van der Waals surface area contributed by atoms with Gasteiger partial charge in [-0.1, -0.05) is 6.08 Å².